The van der Waals surface area contributed by atoms with Crippen LogP contribution >= 0.6 is 0 Å². The number of nitrogens with zero attached hydrogens (tertiary/aromatic N) is 3. The zero-order valence-corrected chi connectivity index (χ0v) is 18.7. The van der Waals surface area contributed by atoms with Crippen LogP contribution in [0.25, 0.3) is 0 Å². The van der Waals surface area contributed by atoms with Gasteiger partial charge in [-0.1, -0.05) is 25.0 Å². The lowest BCUT2D eigenvalue weighted by Gasteiger charge is -2.25. The Morgan fingerprint density at radius 2 is 1.93 bits per heavy atom. The van der Waals surface area contributed by atoms with Crippen LogP contribution in [0, 0.1) is 25.2 Å². The number of benzene rings is 1. The molecule has 0 aliphatic heterocycles. The molecule has 1 N–H and O–H groups in total. The zero-order valence-electron chi connectivity index (χ0n) is 18.7. The number of ether oxygens (including phenoxy) is 1. The summed E-state index contributed by atoms with van der Waals surface area (Å²) in [5.41, 5.74) is 3.73. The highest BCUT2D eigenvalue weighted by molar-refractivity contribution is 5.93. The van der Waals surface area contributed by atoms with Gasteiger partial charge in [0.05, 0.1) is 19.2 Å². The second kappa shape index (κ2) is 9.36. The highest BCUT2D eigenvalue weighted by Gasteiger charge is 2.27. The average molecular weight is 409 g/mol. The first kappa shape index (κ1) is 21.9. The first-order valence-corrected chi connectivity index (χ1v) is 10.6. The van der Waals surface area contributed by atoms with Crippen molar-refractivity contribution < 1.29 is 9.53 Å². The third kappa shape index (κ3) is 4.36. The lowest BCUT2D eigenvalue weighted by Crippen LogP contribution is -2.33. The van der Waals surface area contributed by atoms with Crippen molar-refractivity contribution >= 4 is 11.7 Å². The van der Waals surface area contributed by atoms with Crippen LogP contribution in [-0.2, 0) is 4.79 Å². The Morgan fingerprint density at radius 1 is 1.30 bits per heavy atom. The number of hydrogen-bond acceptors (Lipinski definition) is 4. The highest BCUT2D eigenvalue weighted by Crippen LogP contribution is 2.37. The molecule has 1 aromatic carbocycles. The smallest absolute Gasteiger partial charge is 0.239 e. The van der Waals surface area contributed by atoms with Gasteiger partial charge in [-0.2, -0.15) is 5.26 Å². The van der Waals surface area contributed by atoms with E-state index in [1.165, 1.54) is 12.8 Å². The molecule has 1 saturated carbocycles. The van der Waals surface area contributed by atoms with Gasteiger partial charge in [0.15, 0.2) is 0 Å². The Morgan fingerprint density at radius 3 is 2.50 bits per heavy atom. The molecular formula is C24H32N4O2. The number of likely N-dealkylation sites (N-methyl/N-ethyl adjacent to an activating group) is 1. The molecule has 6 nitrogen and oxygen atoms in total. The van der Waals surface area contributed by atoms with E-state index in [4.69, 9.17) is 4.74 Å². The summed E-state index contributed by atoms with van der Waals surface area (Å²) in [6.45, 7) is 6.33. The lowest BCUT2D eigenvalue weighted by molar-refractivity contribution is -0.117. The average Bonchev–Trinajstić information content (AvgIpc) is 3.34. The number of hydrogen-bond donors (Lipinski definition) is 1. The second-order valence-corrected chi connectivity index (χ2v) is 8.27. The molecule has 1 amide bonds. The van der Waals surface area contributed by atoms with E-state index in [0.717, 1.165) is 35.4 Å². The molecule has 2 aromatic rings. The molecule has 1 unspecified atom stereocenters. The van der Waals surface area contributed by atoms with Crippen LogP contribution in [0.2, 0.25) is 0 Å². The predicted octanol–water partition coefficient (Wildman–Crippen LogP) is 4.73. The molecule has 30 heavy (non-hydrogen) atoms. The summed E-state index contributed by atoms with van der Waals surface area (Å²) in [6.07, 6.45) is 4.58. The third-order valence-electron chi connectivity index (χ3n) is 6.47. The van der Waals surface area contributed by atoms with Gasteiger partial charge in [-0.3, -0.25) is 9.69 Å². The van der Waals surface area contributed by atoms with Crippen molar-refractivity contribution in [2.45, 2.75) is 58.5 Å². The summed E-state index contributed by atoms with van der Waals surface area (Å²) in [4.78, 5) is 14.9. The van der Waals surface area contributed by atoms with Gasteiger partial charge >= 0.3 is 0 Å². The van der Waals surface area contributed by atoms with Crippen molar-refractivity contribution in [3.05, 3.63) is 46.6 Å². The minimum atomic E-state index is -0.105. The summed E-state index contributed by atoms with van der Waals surface area (Å²) in [5.74, 6) is 1.37. The molecule has 1 aliphatic carbocycles. The second-order valence-electron chi connectivity index (χ2n) is 8.27. The molecule has 1 fully saturated rings. The molecule has 6 heteroatoms. The van der Waals surface area contributed by atoms with E-state index in [-0.39, 0.29) is 18.5 Å². The topological polar surface area (TPSA) is 70.3 Å². The highest BCUT2D eigenvalue weighted by atomic mass is 16.5. The summed E-state index contributed by atoms with van der Waals surface area (Å²) in [6, 6.07) is 10.6. The number of nitrogens with one attached hydrogen (secondary N) is 1. The number of aromatic nitrogens is 1. The Balaban J connectivity index is 1.75. The standard InChI is InChI=1S/C24H32N4O2/c1-16-17(2)28(20-8-6-7-9-20)24(22(16)14-25)26-23(29)15-27(4)18(3)19-10-12-21(30-5)13-11-19/h10-13,18,20H,6-9,15H2,1-5H3,(H,26,29). The summed E-state index contributed by atoms with van der Waals surface area (Å²) in [5, 5.41) is 12.8. The third-order valence-corrected chi connectivity index (χ3v) is 6.47. The molecule has 1 heterocycles. The molecule has 1 aliphatic rings. The van der Waals surface area contributed by atoms with E-state index in [0.29, 0.717) is 17.4 Å². The Hall–Kier alpha value is -2.78. The number of carbonyl (C=O) groups is 1. The van der Waals surface area contributed by atoms with Gasteiger partial charge in [0.1, 0.15) is 17.6 Å². The number of rotatable bonds is 7. The monoisotopic (exact) mass is 408 g/mol. The quantitative estimate of drug-likeness (QED) is 0.719. The van der Waals surface area contributed by atoms with E-state index >= 15 is 0 Å². The van der Waals surface area contributed by atoms with Gasteiger partial charge in [0.25, 0.3) is 0 Å². The maximum Gasteiger partial charge on any atom is 0.239 e. The van der Waals surface area contributed by atoms with Crippen LogP contribution < -0.4 is 10.1 Å². The lowest BCUT2D eigenvalue weighted by atomic mass is 10.1. The molecule has 1 aromatic heterocycles. The van der Waals surface area contributed by atoms with Crippen molar-refractivity contribution in [2.75, 3.05) is 26.0 Å². The molecule has 160 valence electrons. The van der Waals surface area contributed by atoms with E-state index in [2.05, 4.69) is 22.9 Å². The van der Waals surface area contributed by atoms with Gasteiger partial charge in [0, 0.05) is 17.8 Å². The largest absolute Gasteiger partial charge is 0.497 e. The van der Waals surface area contributed by atoms with Gasteiger partial charge < -0.3 is 14.6 Å². The van der Waals surface area contributed by atoms with Crippen molar-refractivity contribution in [2.24, 2.45) is 0 Å². The van der Waals surface area contributed by atoms with Gasteiger partial charge in [-0.15, -0.1) is 0 Å². The molecule has 0 bridgehead atoms. The minimum Gasteiger partial charge on any atom is -0.497 e. The maximum atomic E-state index is 12.9. The van der Waals surface area contributed by atoms with Crippen LogP contribution in [0.1, 0.15) is 67.1 Å². The van der Waals surface area contributed by atoms with Crippen molar-refractivity contribution in [1.29, 1.82) is 5.26 Å². The Kier molecular flexibility index (Phi) is 6.84. The Bertz CT molecular complexity index is 934. The van der Waals surface area contributed by atoms with Crippen LogP contribution in [0.3, 0.4) is 0 Å². The fraction of sp³-hybridized carbons (Fsp3) is 0.500. The first-order valence-electron chi connectivity index (χ1n) is 10.6. The molecule has 0 spiro atoms. The minimum absolute atomic E-state index is 0.0715. The van der Waals surface area contributed by atoms with Gasteiger partial charge in [-0.05, 0) is 63.9 Å². The molecular weight excluding hydrogens is 376 g/mol. The molecule has 0 radical (unpaired) electrons. The predicted molar refractivity (Wildman–Crippen MR) is 119 cm³/mol. The maximum absolute atomic E-state index is 12.9. The van der Waals surface area contributed by atoms with Crippen LogP contribution in [0.4, 0.5) is 5.82 Å². The Labute approximate surface area is 179 Å². The molecule has 3 rings (SSSR count). The fourth-order valence-corrected chi connectivity index (χ4v) is 4.38. The number of nitriles is 1. The van der Waals surface area contributed by atoms with Crippen LogP contribution in [-0.4, -0.2) is 36.1 Å². The number of amides is 1. The van der Waals surface area contributed by atoms with Crippen LogP contribution in [0.5, 0.6) is 5.75 Å². The zero-order chi connectivity index (χ0) is 21.8. The van der Waals surface area contributed by atoms with Crippen molar-refractivity contribution in [3.63, 3.8) is 0 Å². The van der Waals surface area contributed by atoms with Crippen molar-refractivity contribution in [3.8, 4) is 11.8 Å². The summed E-state index contributed by atoms with van der Waals surface area (Å²) in [7, 11) is 3.58. The van der Waals surface area contributed by atoms with E-state index in [1.807, 2.05) is 50.1 Å². The van der Waals surface area contributed by atoms with Gasteiger partial charge in [0.2, 0.25) is 5.91 Å². The van der Waals surface area contributed by atoms with Crippen LogP contribution in [0.15, 0.2) is 24.3 Å². The molecule has 0 saturated heterocycles. The van der Waals surface area contributed by atoms with Crippen molar-refractivity contribution in [1.82, 2.24) is 9.47 Å². The van der Waals surface area contributed by atoms with E-state index in [9.17, 15) is 10.1 Å². The summed E-state index contributed by atoms with van der Waals surface area (Å²) >= 11 is 0. The normalized spacial score (nSPS) is 15.2. The number of carbonyl (C=O) groups excluding carboxylic acids is 1. The fourth-order valence-electron chi connectivity index (χ4n) is 4.38. The van der Waals surface area contributed by atoms with Gasteiger partial charge in [-0.25, -0.2) is 0 Å². The first-order chi connectivity index (χ1) is 14.4. The molecule has 1 atom stereocenters. The number of anilines is 1. The van der Waals surface area contributed by atoms with E-state index < -0.39 is 0 Å². The summed E-state index contributed by atoms with van der Waals surface area (Å²) < 4.78 is 7.41. The number of methoxy groups -OCH3 is 1. The van der Waals surface area contributed by atoms with E-state index in [1.54, 1.807) is 7.11 Å². The SMILES string of the molecule is COc1ccc(C(C)N(C)CC(=O)Nc2c(C#N)c(C)c(C)n2C2CCCC2)cc1.